The van der Waals surface area contributed by atoms with Crippen molar-refractivity contribution in [3.05, 3.63) is 0 Å². The average molecular weight is 226 g/mol. The lowest BCUT2D eigenvalue weighted by atomic mass is 10.2. The van der Waals surface area contributed by atoms with Gasteiger partial charge in [-0.05, 0) is 6.42 Å². The smallest absolute Gasteiger partial charge is 0.317 e. The second-order valence-electron chi connectivity index (χ2n) is 4.20. The highest BCUT2D eigenvalue weighted by atomic mass is 16.2. The molecule has 0 aromatic heterocycles. The summed E-state index contributed by atoms with van der Waals surface area (Å²) in [7, 11) is 0. The molecule has 6 heteroatoms. The molecule has 2 fully saturated rings. The lowest BCUT2D eigenvalue weighted by Crippen LogP contribution is -2.52. The quantitative estimate of drug-likeness (QED) is 0.637. The standard InChI is InChI=1S/C10H18N4O2/c15-9-8-13(6-2-11-9)7-3-12-10(16)14-4-1-5-14/h1-8H2,(H,11,15)(H,12,16). The van der Waals surface area contributed by atoms with E-state index in [1.54, 1.807) is 4.90 Å². The molecule has 0 radical (unpaired) electrons. The van der Waals surface area contributed by atoms with Crippen LogP contribution in [0, 0.1) is 0 Å². The predicted octanol–water partition coefficient (Wildman–Crippen LogP) is -1.17. The Morgan fingerprint density at radius 2 is 2.19 bits per heavy atom. The van der Waals surface area contributed by atoms with Crippen molar-refractivity contribution in [3.8, 4) is 0 Å². The SMILES string of the molecule is O=C1CN(CCNC(=O)N2CCC2)CCN1. The van der Waals surface area contributed by atoms with Crippen molar-refractivity contribution in [2.45, 2.75) is 6.42 Å². The number of nitrogens with zero attached hydrogens (tertiary/aromatic N) is 2. The van der Waals surface area contributed by atoms with Gasteiger partial charge in [-0.2, -0.15) is 0 Å². The van der Waals surface area contributed by atoms with Crippen LogP contribution in [0.5, 0.6) is 0 Å². The molecule has 0 aliphatic carbocycles. The number of carbonyl (C=O) groups is 2. The van der Waals surface area contributed by atoms with Crippen LogP contribution in [0.25, 0.3) is 0 Å². The average Bonchev–Trinajstić information content (AvgIpc) is 2.15. The van der Waals surface area contributed by atoms with Gasteiger partial charge in [0, 0.05) is 39.3 Å². The molecule has 0 atom stereocenters. The molecule has 0 aromatic carbocycles. The second-order valence-corrected chi connectivity index (χ2v) is 4.20. The number of hydrogen-bond acceptors (Lipinski definition) is 3. The van der Waals surface area contributed by atoms with Gasteiger partial charge in [-0.1, -0.05) is 0 Å². The van der Waals surface area contributed by atoms with Crippen LogP contribution in [0.2, 0.25) is 0 Å². The zero-order valence-corrected chi connectivity index (χ0v) is 9.37. The number of hydrogen-bond donors (Lipinski definition) is 2. The fraction of sp³-hybridized carbons (Fsp3) is 0.800. The maximum Gasteiger partial charge on any atom is 0.317 e. The summed E-state index contributed by atoms with van der Waals surface area (Å²) in [4.78, 5) is 26.4. The van der Waals surface area contributed by atoms with E-state index in [9.17, 15) is 9.59 Å². The van der Waals surface area contributed by atoms with E-state index in [0.29, 0.717) is 19.6 Å². The Morgan fingerprint density at radius 3 is 2.81 bits per heavy atom. The molecule has 6 nitrogen and oxygen atoms in total. The van der Waals surface area contributed by atoms with Crippen molar-refractivity contribution < 1.29 is 9.59 Å². The van der Waals surface area contributed by atoms with Crippen LogP contribution in [-0.4, -0.2) is 67.6 Å². The normalized spacial score (nSPS) is 21.2. The highest BCUT2D eigenvalue weighted by Crippen LogP contribution is 2.04. The van der Waals surface area contributed by atoms with Gasteiger partial charge >= 0.3 is 6.03 Å². The van der Waals surface area contributed by atoms with E-state index < -0.39 is 0 Å². The highest BCUT2D eigenvalue weighted by molar-refractivity contribution is 5.78. The molecule has 3 amide bonds. The van der Waals surface area contributed by atoms with E-state index in [1.807, 2.05) is 0 Å². The van der Waals surface area contributed by atoms with Crippen LogP contribution in [0.1, 0.15) is 6.42 Å². The molecule has 2 aliphatic rings. The number of piperazine rings is 1. The van der Waals surface area contributed by atoms with Crippen molar-refractivity contribution in [1.29, 1.82) is 0 Å². The number of carbonyl (C=O) groups excluding carboxylic acids is 2. The summed E-state index contributed by atoms with van der Waals surface area (Å²) in [5, 5.41) is 5.63. The highest BCUT2D eigenvalue weighted by Gasteiger charge is 2.20. The molecule has 2 heterocycles. The van der Waals surface area contributed by atoms with Crippen molar-refractivity contribution in [1.82, 2.24) is 20.4 Å². The molecule has 2 rings (SSSR count). The first-order chi connectivity index (χ1) is 7.75. The Labute approximate surface area is 95.0 Å². The van der Waals surface area contributed by atoms with E-state index in [0.717, 1.165) is 32.6 Å². The van der Waals surface area contributed by atoms with Crippen molar-refractivity contribution in [2.24, 2.45) is 0 Å². The van der Waals surface area contributed by atoms with E-state index in [-0.39, 0.29) is 11.9 Å². The zero-order chi connectivity index (χ0) is 11.4. The fourth-order valence-electron chi connectivity index (χ4n) is 1.83. The van der Waals surface area contributed by atoms with Gasteiger partial charge in [-0.3, -0.25) is 9.69 Å². The summed E-state index contributed by atoms with van der Waals surface area (Å²) in [5.74, 6) is 0.0697. The third-order valence-corrected chi connectivity index (χ3v) is 2.96. The van der Waals surface area contributed by atoms with Crippen LogP contribution < -0.4 is 10.6 Å². The van der Waals surface area contributed by atoms with E-state index >= 15 is 0 Å². The first-order valence-corrected chi connectivity index (χ1v) is 5.77. The van der Waals surface area contributed by atoms with Crippen LogP contribution in [0.4, 0.5) is 4.79 Å². The van der Waals surface area contributed by atoms with Crippen LogP contribution in [-0.2, 0) is 4.79 Å². The number of amides is 3. The molecule has 0 aromatic rings. The van der Waals surface area contributed by atoms with Crippen LogP contribution in [0.15, 0.2) is 0 Å². The molecule has 2 saturated heterocycles. The summed E-state index contributed by atoms with van der Waals surface area (Å²) in [6.07, 6.45) is 1.11. The maximum absolute atomic E-state index is 11.4. The fourth-order valence-corrected chi connectivity index (χ4v) is 1.83. The lowest BCUT2D eigenvalue weighted by molar-refractivity contribution is -0.124. The monoisotopic (exact) mass is 226 g/mol. The second kappa shape index (κ2) is 5.16. The molecule has 2 aliphatic heterocycles. The van der Waals surface area contributed by atoms with Crippen molar-refractivity contribution >= 4 is 11.9 Å². The maximum atomic E-state index is 11.4. The molecule has 16 heavy (non-hydrogen) atoms. The van der Waals surface area contributed by atoms with Gasteiger partial charge in [-0.25, -0.2) is 4.79 Å². The number of rotatable bonds is 3. The van der Waals surface area contributed by atoms with Crippen molar-refractivity contribution in [3.63, 3.8) is 0 Å². The summed E-state index contributed by atoms with van der Waals surface area (Å²) in [6.45, 7) is 5.12. The molecule has 90 valence electrons. The Hall–Kier alpha value is -1.30. The van der Waals surface area contributed by atoms with Gasteiger partial charge in [-0.15, -0.1) is 0 Å². The molecule has 0 unspecified atom stereocenters. The lowest BCUT2D eigenvalue weighted by Gasteiger charge is -2.31. The summed E-state index contributed by atoms with van der Waals surface area (Å²) >= 11 is 0. The van der Waals surface area contributed by atoms with Crippen LogP contribution >= 0.6 is 0 Å². The third-order valence-electron chi connectivity index (χ3n) is 2.96. The molecule has 0 saturated carbocycles. The zero-order valence-electron chi connectivity index (χ0n) is 9.37. The van der Waals surface area contributed by atoms with Gasteiger partial charge in [0.15, 0.2) is 0 Å². The Bertz CT molecular complexity index is 278. The van der Waals surface area contributed by atoms with Gasteiger partial charge in [0.25, 0.3) is 0 Å². The van der Waals surface area contributed by atoms with E-state index in [4.69, 9.17) is 0 Å². The van der Waals surface area contributed by atoms with E-state index in [1.165, 1.54) is 0 Å². The molecule has 0 spiro atoms. The first kappa shape index (κ1) is 11.2. The predicted molar refractivity (Wildman–Crippen MR) is 59.0 cm³/mol. The minimum Gasteiger partial charge on any atom is -0.354 e. The third kappa shape index (κ3) is 2.85. The Kier molecular flexibility index (Phi) is 3.61. The van der Waals surface area contributed by atoms with Crippen molar-refractivity contribution in [2.75, 3.05) is 45.8 Å². The molecular weight excluding hydrogens is 208 g/mol. The van der Waals surface area contributed by atoms with Gasteiger partial charge in [0.1, 0.15) is 0 Å². The minimum atomic E-state index is 0.0210. The number of likely N-dealkylation sites (tertiary alicyclic amines) is 1. The molecule has 2 N–H and O–H groups in total. The Balaban J connectivity index is 1.59. The minimum absolute atomic E-state index is 0.0210. The topological polar surface area (TPSA) is 64.7 Å². The summed E-state index contributed by atoms with van der Waals surface area (Å²) in [5.41, 5.74) is 0. The van der Waals surface area contributed by atoms with Crippen LogP contribution in [0.3, 0.4) is 0 Å². The van der Waals surface area contributed by atoms with Gasteiger partial charge in [0.2, 0.25) is 5.91 Å². The molecule has 0 bridgehead atoms. The largest absolute Gasteiger partial charge is 0.354 e. The van der Waals surface area contributed by atoms with E-state index in [2.05, 4.69) is 15.5 Å². The number of nitrogens with one attached hydrogen (secondary N) is 2. The number of urea groups is 1. The van der Waals surface area contributed by atoms with Gasteiger partial charge in [0.05, 0.1) is 6.54 Å². The molecular formula is C10H18N4O2. The first-order valence-electron chi connectivity index (χ1n) is 5.77. The summed E-state index contributed by atoms with van der Waals surface area (Å²) in [6, 6.07) is 0.0210. The van der Waals surface area contributed by atoms with Gasteiger partial charge < -0.3 is 15.5 Å². The Morgan fingerprint density at radius 1 is 1.38 bits per heavy atom. The summed E-state index contributed by atoms with van der Waals surface area (Å²) < 4.78 is 0.